The molecule has 8 heteroatoms. The number of aryl methyl sites for hydroxylation is 1. The van der Waals surface area contributed by atoms with E-state index in [2.05, 4.69) is 63.6 Å². The summed E-state index contributed by atoms with van der Waals surface area (Å²) in [6, 6.07) is 18.8. The Morgan fingerprint density at radius 2 is 1.77 bits per heavy atom. The smallest absolute Gasteiger partial charge is 0.231 e. The number of benzene rings is 2. The summed E-state index contributed by atoms with van der Waals surface area (Å²) in [6.07, 6.45) is 4.39. The first-order chi connectivity index (χ1) is 19.0. The Morgan fingerprint density at radius 3 is 2.54 bits per heavy atom. The molecule has 0 N–H and O–H groups in total. The predicted octanol–water partition coefficient (Wildman–Crippen LogP) is 4.30. The van der Waals surface area contributed by atoms with Gasteiger partial charge < -0.3 is 23.7 Å². The van der Waals surface area contributed by atoms with Gasteiger partial charge in [-0.25, -0.2) is 4.98 Å². The molecule has 8 nitrogen and oxygen atoms in total. The number of hydrogen-bond acceptors (Lipinski definition) is 6. The average molecular weight is 526 g/mol. The van der Waals surface area contributed by atoms with Crippen LogP contribution in [0.15, 0.2) is 67.0 Å². The second kappa shape index (κ2) is 10.6. The van der Waals surface area contributed by atoms with Gasteiger partial charge in [0.05, 0.1) is 5.69 Å². The van der Waals surface area contributed by atoms with Crippen molar-refractivity contribution in [3.63, 3.8) is 0 Å². The minimum Gasteiger partial charge on any atom is -0.454 e. The molecule has 2 aromatic carbocycles. The van der Waals surface area contributed by atoms with Crippen LogP contribution in [0.25, 0.3) is 5.65 Å². The van der Waals surface area contributed by atoms with E-state index in [9.17, 15) is 4.79 Å². The van der Waals surface area contributed by atoms with E-state index in [-0.39, 0.29) is 18.6 Å². The van der Waals surface area contributed by atoms with Crippen molar-refractivity contribution in [2.75, 3.05) is 52.0 Å². The van der Waals surface area contributed by atoms with Crippen LogP contribution in [-0.2, 0) is 11.3 Å². The molecule has 4 aromatic rings. The number of fused-ring (bicyclic) bond motifs is 2. The Bertz CT molecular complexity index is 1470. The van der Waals surface area contributed by atoms with Crippen molar-refractivity contribution < 1.29 is 14.3 Å². The van der Waals surface area contributed by atoms with Crippen LogP contribution in [0.5, 0.6) is 11.5 Å². The van der Waals surface area contributed by atoms with Gasteiger partial charge in [0.2, 0.25) is 12.7 Å². The first kappa shape index (κ1) is 25.2. The van der Waals surface area contributed by atoms with Crippen LogP contribution in [0.3, 0.4) is 0 Å². The summed E-state index contributed by atoms with van der Waals surface area (Å²) in [7, 11) is 4.07. The highest BCUT2D eigenvalue weighted by molar-refractivity contribution is 5.78. The van der Waals surface area contributed by atoms with Gasteiger partial charge in [-0.1, -0.05) is 24.3 Å². The van der Waals surface area contributed by atoms with Crippen molar-refractivity contribution in [2.24, 2.45) is 0 Å². The van der Waals surface area contributed by atoms with E-state index in [0.29, 0.717) is 6.42 Å². The molecule has 4 heterocycles. The lowest BCUT2D eigenvalue weighted by atomic mass is 9.91. The Balaban J connectivity index is 1.17. The highest BCUT2D eigenvalue weighted by atomic mass is 16.7. The number of piperazine rings is 1. The molecule has 0 spiro atoms. The van der Waals surface area contributed by atoms with Crippen LogP contribution < -0.4 is 14.4 Å². The zero-order chi connectivity index (χ0) is 26.9. The molecule has 1 saturated heterocycles. The fourth-order valence-corrected chi connectivity index (χ4v) is 5.58. The molecular formula is C31H35N5O3. The molecule has 0 aliphatic carbocycles. The van der Waals surface area contributed by atoms with E-state index in [1.54, 1.807) is 0 Å². The lowest BCUT2D eigenvalue weighted by Gasteiger charge is -2.35. The normalized spacial score (nSPS) is 16.0. The van der Waals surface area contributed by atoms with Crippen LogP contribution in [0.1, 0.15) is 34.7 Å². The monoisotopic (exact) mass is 525 g/mol. The van der Waals surface area contributed by atoms with Gasteiger partial charge in [0.25, 0.3) is 0 Å². The fourth-order valence-electron chi connectivity index (χ4n) is 5.58. The van der Waals surface area contributed by atoms with E-state index in [1.165, 1.54) is 5.56 Å². The summed E-state index contributed by atoms with van der Waals surface area (Å²) in [6.45, 7) is 6.33. The highest BCUT2D eigenvalue weighted by Gasteiger charge is 2.27. The maximum Gasteiger partial charge on any atom is 0.231 e. The van der Waals surface area contributed by atoms with Crippen LogP contribution in [0, 0.1) is 6.92 Å². The quantitative estimate of drug-likeness (QED) is 0.359. The molecule has 2 aliphatic rings. The first-order valence-corrected chi connectivity index (χ1v) is 13.5. The minimum absolute atomic E-state index is 0.0859. The number of anilines is 1. The van der Waals surface area contributed by atoms with Crippen LogP contribution >= 0.6 is 0 Å². The number of pyridine rings is 1. The van der Waals surface area contributed by atoms with Gasteiger partial charge in [-0.05, 0) is 53.9 Å². The number of amides is 1. The number of carbonyl (C=O) groups is 1. The van der Waals surface area contributed by atoms with Gasteiger partial charge in [0, 0.05) is 77.2 Å². The molecule has 1 amide bonds. The molecule has 6 rings (SSSR count). The second-order valence-corrected chi connectivity index (χ2v) is 10.7. The van der Waals surface area contributed by atoms with Gasteiger partial charge in [-0.2, -0.15) is 0 Å². The summed E-state index contributed by atoms with van der Waals surface area (Å²) in [5.41, 5.74) is 6.56. The Kier molecular flexibility index (Phi) is 6.87. The molecule has 1 unspecified atom stereocenters. The Labute approximate surface area is 229 Å². The Hall–Kier alpha value is -4.04. The molecule has 2 aromatic heterocycles. The second-order valence-electron chi connectivity index (χ2n) is 10.7. The molecule has 0 bridgehead atoms. The topological polar surface area (TPSA) is 62.6 Å². The SMILES string of the molecule is Cc1cccn2c(C(CC(=O)N3CCN(Cc4ccc5c(c4)OCO5)CC3)c3ccc(N(C)C)cc3)cnc12. The third-order valence-electron chi connectivity index (χ3n) is 7.88. The molecule has 0 radical (unpaired) electrons. The van der Waals surface area contributed by atoms with Crippen molar-refractivity contribution in [3.05, 3.63) is 89.4 Å². The average Bonchev–Trinajstić information content (AvgIpc) is 3.60. The highest BCUT2D eigenvalue weighted by Crippen LogP contribution is 2.33. The van der Waals surface area contributed by atoms with Crippen molar-refractivity contribution in [3.8, 4) is 11.5 Å². The van der Waals surface area contributed by atoms with Crippen molar-refractivity contribution >= 4 is 17.2 Å². The molecule has 2 aliphatic heterocycles. The minimum atomic E-state index is -0.0859. The molecule has 0 saturated carbocycles. The van der Waals surface area contributed by atoms with E-state index in [4.69, 9.17) is 14.5 Å². The van der Waals surface area contributed by atoms with Gasteiger partial charge in [0.15, 0.2) is 11.5 Å². The largest absolute Gasteiger partial charge is 0.454 e. The maximum absolute atomic E-state index is 13.7. The predicted molar refractivity (Wildman–Crippen MR) is 152 cm³/mol. The lowest BCUT2D eigenvalue weighted by Crippen LogP contribution is -2.48. The summed E-state index contributed by atoms with van der Waals surface area (Å²) in [5, 5.41) is 0. The maximum atomic E-state index is 13.7. The molecular weight excluding hydrogens is 490 g/mol. The van der Waals surface area contributed by atoms with Crippen molar-refractivity contribution in [1.29, 1.82) is 0 Å². The summed E-state index contributed by atoms with van der Waals surface area (Å²) < 4.78 is 13.1. The van der Waals surface area contributed by atoms with Gasteiger partial charge in [-0.15, -0.1) is 0 Å². The third kappa shape index (κ3) is 5.16. The number of nitrogens with zero attached hydrogens (tertiary/aromatic N) is 5. The number of aromatic nitrogens is 2. The van der Waals surface area contributed by atoms with Crippen LogP contribution in [0.4, 0.5) is 5.69 Å². The van der Waals surface area contributed by atoms with Gasteiger partial charge in [-0.3, -0.25) is 9.69 Å². The number of ether oxygens (including phenoxy) is 2. The molecule has 202 valence electrons. The zero-order valence-corrected chi connectivity index (χ0v) is 22.8. The number of carbonyl (C=O) groups excluding carboxylic acids is 1. The van der Waals surface area contributed by atoms with Crippen LogP contribution in [-0.4, -0.2) is 72.2 Å². The summed E-state index contributed by atoms with van der Waals surface area (Å²) in [5.74, 6) is 1.72. The zero-order valence-electron chi connectivity index (χ0n) is 22.8. The summed E-state index contributed by atoms with van der Waals surface area (Å²) >= 11 is 0. The molecule has 1 atom stereocenters. The van der Waals surface area contributed by atoms with Gasteiger partial charge >= 0.3 is 0 Å². The van der Waals surface area contributed by atoms with E-state index >= 15 is 0 Å². The number of imidazole rings is 1. The Morgan fingerprint density at radius 1 is 1.00 bits per heavy atom. The van der Waals surface area contributed by atoms with Crippen molar-refractivity contribution in [2.45, 2.75) is 25.8 Å². The van der Waals surface area contributed by atoms with E-state index in [0.717, 1.165) is 72.4 Å². The van der Waals surface area contributed by atoms with Crippen LogP contribution in [0.2, 0.25) is 0 Å². The number of hydrogen-bond donors (Lipinski definition) is 0. The fraction of sp³-hybridized carbons (Fsp3) is 0.355. The first-order valence-electron chi connectivity index (χ1n) is 13.5. The van der Waals surface area contributed by atoms with Crippen molar-refractivity contribution in [1.82, 2.24) is 19.2 Å². The van der Waals surface area contributed by atoms with Gasteiger partial charge in [0.1, 0.15) is 5.65 Å². The third-order valence-corrected chi connectivity index (χ3v) is 7.88. The molecule has 1 fully saturated rings. The number of rotatable bonds is 7. The van der Waals surface area contributed by atoms with E-state index in [1.807, 2.05) is 43.5 Å². The lowest BCUT2D eigenvalue weighted by molar-refractivity contribution is -0.133. The summed E-state index contributed by atoms with van der Waals surface area (Å²) in [4.78, 5) is 24.9. The molecule has 39 heavy (non-hydrogen) atoms. The van der Waals surface area contributed by atoms with E-state index < -0.39 is 0 Å². The standard InChI is InChI=1S/C31H35N5O3/c1-22-5-4-12-36-27(19-32-31(22)36)26(24-7-9-25(10-8-24)33(2)3)18-30(37)35-15-13-34(14-16-35)20-23-6-11-28-29(17-23)39-21-38-28/h4-12,17,19,26H,13-16,18,20-21H2,1-3H3.